The van der Waals surface area contributed by atoms with Crippen molar-refractivity contribution in [3.8, 4) is 11.1 Å². The van der Waals surface area contributed by atoms with Crippen molar-refractivity contribution in [1.29, 1.82) is 0 Å². The van der Waals surface area contributed by atoms with E-state index in [2.05, 4.69) is 34.9 Å². The molecule has 2 aromatic rings. The van der Waals surface area contributed by atoms with Crippen LogP contribution in [0.3, 0.4) is 0 Å². The standard InChI is InChI=1S/C25H26N2O5/c1-14(22(28)29)26-23(30)25-11-15(25)10-16(12-25)27-24(31)32-13-21-19-8-4-2-6-17(19)18-7-3-5-9-20(18)21/h2-9,14-16,21H,10-13H2,1H3,(H,26,30)(H,27,31)(H,28,29)/t14-,15?,16?,25?/m0/s1. The van der Waals surface area contributed by atoms with Crippen LogP contribution in [0.2, 0.25) is 0 Å². The van der Waals surface area contributed by atoms with E-state index >= 15 is 0 Å². The van der Waals surface area contributed by atoms with E-state index in [4.69, 9.17) is 9.84 Å². The first kappa shape index (κ1) is 20.5. The van der Waals surface area contributed by atoms with E-state index in [-0.39, 0.29) is 30.4 Å². The lowest BCUT2D eigenvalue weighted by Gasteiger charge is -2.20. The average Bonchev–Trinajstić information content (AvgIpc) is 3.21. The Morgan fingerprint density at radius 3 is 2.31 bits per heavy atom. The van der Waals surface area contributed by atoms with Crippen molar-refractivity contribution in [1.82, 2.24) is 10.6 Å². The highest BCUT2D eigenvalue weighted by atomic mass is 16.5. The third-order valence-corrected chi connectivity index (χ3v) is 7.25. The highest BCUT2D eigenvalue weighted by molar-refractivity contribution is 5.90. The number of carbonyl (C=O) groups excluding carboxylic acids is 2. The molecule has 0 heterocycles. The maximum Gasteiger partial charge on any atom is 0.407 e. The molecule has 3 N–H and O–H groups in total. The SMILES string of the molecule is C[C@H](NC(=O)C12CC(NC(=O)OCC3c4ccccc4-c4ccccc43)CC1C2)C(=O)O. The van der Waals surface area contributed by atoms with Gasteiger partial charge in [-0.2, -0.15) is 0 Å². The molecule has 0 bridgehead atoms. The van der Waals surface area contributed by atoms with Crippen molar-refractivity contribution in [3.05, 3.63) is 59.7 Å². The van der Waals surface area contributed by atoms with Crippen LogP contribution in [0.1, 0.15) is 43.2 Å². The van der Waals surface area contributed by atoms with E-state index in [9.17, 15) is 14.4 Å². The van der Waals surface area contributed by atoms with Crippen LogP contribution < -0.4 is 10.6 Å². The number of carboxylic acids is 1. The highest BCUT2D eigenvalue weighted by Gasteiger charge is 2.65. The maximum atomic E-state index is 12.6. The first-order chi connectivity index (χ1) is 15.4. The van der Waals surface area contributed by atoms with Crippen LogP contribution in [0.4, 0.5) is 4.79 Å². The third kappa shape index (κ3) is 3.42. The summed E-state index contributed by atoms with van der Waals surface area (Å²) in [6.07, 6.45) is 1.49. The second-order valence-corrected chi connectivity index (χ2v) is 9.20. The lowest BCUT2D eigenvalue weighted by molar-refractivity contribution is -0.142. The number of rotatable bonds is 6. The molecule has 5 rings (SSSR count). The van der Waals surface area contributed by atoms with E-state index in [1.54, 1.807) is 0 Å². The Morgan fingerprint density at radius 1 is 1.06 bits per heavy atom. The molecule has 2 fully saturated rings. The van der Waals surface area contributed by atoms with E-state index in [0.29, 0.717) is 12.8 Å². The molecule has 2 saturated carbocycles. The lowest BCUT2D eigenvalue weighted by atomic mass is 9.98. The number of alkyl carbamates (subject to hydrolysis) is 1. The monoisotopic (exact) mass is 434 g/mol. The largest absolute Gasteiger partial charge is 0.480 e. The Kier molecular flexibility index (Phi) is 4.92. The van der Waals surface area contributed by atoms with Crippen molar-refractivity contribution in [2.45, 2.75) is 44.2 Å². The van der Waals surface area contributed by atoms with Gasteiger partial charge in [-0.3, -0.25) is 9.59 Å². The van der Waals surface area contributed by atoms with Crippen LogP contribution in [0, 0.1) is 11.3 Å². The van der Waals surface area contributed by atoms with Gasteiger partial charge in [0.2, 0.25) is 5.91 Å². The summed E-state index contributed by atoms with van der Waals surface area (Å²) in [5, 5.41) is 14.5. The summed E-state index contributed by atoms with van der Waals surface area (Å²) in [6, 6.07) is 15.3. The number of ether oxygens (including phenoxy) is 1. The van der Waals surface area contributed by atoms with E-state index in [0.717, 1.165) is 17.5 Å². The topological polar surface area (TPSA) is 105 Å². The predicted octanol–water partition coefficient (Wildman–Crippen LogP) is 3.28. The van der Waals surface area contributed by atoms with E-state index < -0.39 is 23.5 Å². The van der Waals surface area contributed by atoms with Crippen molar-refractivity contribution < 1.29 is 24.2 Å². The normalized spacial score (nSPS) is 25.8. The van der Waals surface area contributed by atoms with Crippen LogP contribution in [-0.2, 0) is 14.3 Å². The number of hydrogen-bond donors (Lipinski definition) is 3. The van der Waals surface area contributed by atoms with Gasteiger partial charge in [0.25, 0.3) is 0 Å². The summed E-state index contributed by atoms with van der Waals surface area (Å²) < 4.78 is 5.61. The number of nitrogens with one attached hydrogen (secondary N) is 2. The van der Waals surface area contributed by atoms with Gasteiger partial charge in [-0.05, 0) is 54.4 Å². The summed E-state index contributed by atoms with van der Waals surface area (Å²) in [6.45, 7) is 1.70. The van der Waals surface area contributed by atoms with Crippen LogP contribution in [0.15, 0.2) is 48.5 Å². The molecule has 2 amide bonds. The minimum atomic E-state index is -1.06. The van der Waals surface area contributed by atoms with Gasteiger partial charge in [-0.15, -0.1) is 0 Å². The Bertz CT molecular complexity index is 1050. The first-order valence-electron chi connectivity index (χ1n) is 11.0. The van der Waals surface area contributed by atoms with Crippen LogP contribution in [-0.4, -0.2) is 41.8 Å². The molecule has 0 spiro atoms. The van der Waals surface area contributed by atoms with Gasteiger partial charge in [0.05, 0.1) is 5.41 Å². The number of amides is 2. The Balaban J connectivity index is 1.18. The fraction of sp³-hybridized carbons (Fsp3) is 0.400. The molecule has 166 valence electrons. The number of fused-ring (bicyclic) bond motifs is 4. The van der Waals surface area contributed by atoms with Gasteiger partial charge in [0.15, 0.2) is 0 Å². The van der Waals surface area contributed by atoms with E-state index in [1.165, 1.54) is 18.1 Å². The Hall–Kier alpha value is -3.35. The van der Waals surface area contributed by atoms with Crippen LogP contribution in [0.25, 0.3) is 11.1 Å². The lowest BCUT2D eigenvalue weighted by Crippen LogP contribution is -2.43. The molecule has 3 unspecified atom stereocenters. The molecule has 3 aliphatic carbocycles. The van der Waals surface area contributed by atoms with Crippen molar-refractivity contribution in [2.24, 2.45) is 11.3 Å². The van der Waals surface area contributed by atoms with Gasteiger partial charge in [0.1, 0.15) is 12.6 Å². The Labute approximate surface area is 186 Å². The quantitative estimate of drug-likeness (QED) is 0.647. The van der Waals surface area contributed by atoms with E-state index in [1.807, 2.05) is 24.3 Å². The number of benzene rings is 2. The number of hydrogen-bond acceptors (Lipinski definition) is 4. The number of carbonyl (C=O) groups is 3. The smallest absolute Gasteiger partial charge is 0.407 e. The zero-order valence-electron chi connectivity index (χ0n) is 17.8. The maximum absolute atomic E-state index is 12.6. The fourth-order valence-electron chi connectivity index (χ4n) is 5.50. The van der Waals surface area contributed by atoms with Gasteiger partial charge in [-0.1, -0.05) is 48.5 Å². The van der Waals surface area contributed by atoms with Crippen molar-refractivity contribution in [2.75, 3.05) is 6.61 Å². The minimum absolute atomic E-state index is 0.000225. The molecule has 0 aromatic heterocycles. The molecule has 0 saturated heterocycles. The summed E-state index contributed by atoms with van der Waals surface area (Å²) in [7, 11) is 0. The number of carboxylic acid groups (broad SMARTS) is 1. The van der Waals surface area contributed by atoms with Gasteiger partial charge < -0.3 is 20.5 Å². The highest BCUT2D eigenvalue weighted by Crippen LogP contribution is 2.63. The predicted molar refractivity (Wildman–Crippen MR) is 117 cm³/mol. The summed E-state index contributed by atoms with van der Waals surface area (Å²) in [5.41, 5.74) is 4.12. The van der Waals surface area contributed by atoms with Crippen LogP contribution >= 0.6 is 0 Å². The van der Waals surface area contributed by atoms with Crippen LogP contribution in [0.5, 0.6) is 0 Å². The fourth-order valence-corrected chi connectivity index (χ4v) is 5.50. The minimum Gasteiger partial charge on any atom is -0.480 e. The second-order valence-electron chi connectivity index (χ2n) is 9.20. The molecule has 2 aromatic carbocycles. The molecule has 7 heteroatoms. The average molecular weight is 434 g/mol. The third-order valence-electron chi connectivity index (χ3n) is 7.25. The summed E-state index contributed by atoms with van der Waals surface area (Å²) in [4.78, 5) is 36.1. The molecule has 3 aliphatic rings. The molecule has 7 nitrogen and oxygen atoms in total. The van der Waals surface area contributed by atoms with Gasteiger partial charge in [0, 0.05) is 12.0 Å². The van der Waals surface area contributed by atoms with Crippen molar-refractivity contribution in [3.63, 3.8) is 0 Å². The number of aliphatic carboxylic acids is 1. The molecule has 0 aliphatic heterocycles. The second kappa shape index (κ2) is 7.65. The van der Waals surface area contributed by atoms with Gasteiger partial charge in [-0.25, -0.2) is 4.79 Å². The first-order valence-corrected chi connectivity index (χ1v) is 11.0. The summed E-state index contributed by atoms with van der Waals surface area (Å²) >= 11 is 0. The molecular formula is C25H26N2O5. The molecular weight excluding hydrogens is 408 g/mol. The Morgan fingerprint density at radius 2 is 1.69 bits per heavy atom. The molecule has 32 heavy (non-hydrogen) atoms. The summed E-state index contributed by atoms with van der Waals surface area (Å²) in [5.74, 6) is -1.10. The molecule has 4 atom stereocenters. The van der Waals surface area contributed by atoms with Gasteiger partial charge >= 0.3 is 12.1 Å². The zero-order valence-corrected chi connectivity index (χ0v) is 17.8. The molecule has 0 radical (unpaired) electrons. The van der Waals surface area contributed by atoms with Crippen molar-refractivity contribution >= 4 is 18.0 Å². The zero-order chi connectivity index (χ0) is 22.5.